The molecule has 0 amide bonds. The minimum atomic E-state index is -4.40. The number of halogens is 6. The van der Waals surface area contributed by atoms with E-state index in [-0.39, 0.29) is 0 Å². The van der Waals surface area contributed by atoms with Crippen LogP contribution in [0, 0.1) is 23.7 Å². The second-order valence-corrected chi connectivity index (χ2v) is 8.31. The molecule has 0 saturated carbocycles. The fourth-order valence-corrected chi connectivity index (χ4v) is 3.70. The molecule has 2 nitrogen and oxygen atoms in total. The molecule has 0 atom stereocenters. The van der Waals surface area contributed by atoms with Crippen LogP contribution in [0.1, 0.15) is 33.4 Å². The normalized spacial score (nSPS) is 11.5. The van der Waals surface area contributed by atoms with Crippen LogP contribution in [0.3, 0.4) is 0 Å². The Kier molecular flexibility index (Phi) is 6.26. The molecule has 8 heteroatoms. The Morgan fingerprint density at radius 1 is 0.447 bits per heavy atom. The van der Waals surface area contributed by atoms with Crippen LogP contribution in [0.15, 0.2) is 85.2 Å². The molecule has 2 aromatic heterocycles. The number of pyridine rings is 2. The Labute approximate surface area is 213 Å². The molecule has 2 heterocycles. The number of hydrogen-bond donors (Lipinski definition) is 0. The van der Waals surface area contributed by atoms with Crippen LogP contribution in [0.2, 0.25) is 0 Å². The summed E-state index contributed by atoms with van der Waals surface area (Å²) in [6.45, 7) is 0. The molecule has 0 fully saturated rings. The van der Waals surface area contributed by atoms with E-state index in [2.05, 4.69) is 33.6 Å². The highest BCUT2D eigenvalue weighted by molar-refractivity contribution is 6.03. The topological polar surface area (TPSA) is 25.8 Å². The lowest BCUT2D eigenvalue weighted by atomic mass is 10.1. The first kappa shape index (κ1) is 24.9. The maximum atomic E-state index is 12.7. The Hall–Kier alpha value is -4.82. The van der Waals surface area contributed by atoms with Gasteiger partial charge in [0.05, 0.1) is 22.2 Å². The molecule has 0 bridgehead atoms. The molecule has 5 aromatic rings. The molecule has 38 heavy (non-hydrogen) atoms. The lowest BCUT2D eigenvalue weighted by Gasteiger charge is -2.05. The molecule has 0 aliphatic heterocycles. The van der Waals surface area contributed by atoms with E-state index < -0.39 is 23.5 Å². The Balaban J connectivity index is 1.38. The molecular weight excluding hydrogens is 502 g/mol. The molecule has 0 spiro atoms. The van der Waals surface area contributed by atoms with Crippen molar-refractivity contribution < 1.29 is 26.3 Å². The second-order valence-electron chi connectivity index (χ2n) is 8.31. The smallest absolute Gasteiger partial charge is 0.253 e. The summed E-state index contributed by atoms with van der Waals surface area (Å²) in [6, 6.07) is 16.6. The molecule has 186 valence electrons. The zero-order valence-electron chi connectivity index (χ0n) is 19.2. The van der Waals surface area contributed by atoms with E-state index in [0.29, 0.717) is 33.3 Å². The third-order valence-corrected chi connectivity index (χ3v) is 5.63. The van der Waals surface area contributed by atoms with E-state index in [1.165, 1.54) is 24.3 Å². The lowest BCUT2D eigenvalue weighted by molar-refractivity contribution is -0.138. The summed E-state index contributed by atoms with van der Waals surface area (Å²) >= 11 is 0. The van der Waals surface area contributed by atoms with Crippen molar-refractivity contribution >= 4 is 21.8 Å². The zero-order chi connectivity index (χ0) is 26.9. The number of benzene rings is 3. The van der Waals surface area contributed by atoms with Crippen LogP contribution in [0.25, 0.3) is 21.8 Å². The maximum Gasteiger partial charge on any atom is 0.416 e. The third kappa shape index (κ3) is 5.45. The van der Waals surface area contributed by atoms with Gasteiger partial charge in [-0.2, -0.15) is 26.3 Å². The van der Waals surface area contributed by atoms with E-state index in [9.17, 15) is 26.3 Å². The molecule has 0 aliphatic carbocycles. The lowest BCUT2D eigenvalue weighted by Crippen LogP contribution is -2.04. The molecule has 0 radical (unpaired) electrons. The average Bonchev–Trinajstić information content (AvgIpc) is 2.90. The predicted octanol–water partition coefficient (Wildman–Crippen LogP) is 7.62. The highest BCUT2D eigenvalue weighted by Crippen LogP contribution is 2.30. The van der Waals surface area contributed by atoms with Gasteiger partial charge in [-0.3, -0.25) is 9.97 Å². The molecular formula is C30H14F6N2. The Bertz CT molecular complexity index is 1640. The van der Waals surface area contributed by atoms with Crippen molar-refractivity contribution in [1.82, 2.24) is 9.97 Å². The highest BCUT2D eigenvalue weighted by atomic mass is 19.4. The van der Waals surface area contributed by atoms with Crippen molar-refractivity contribution in [1.29, 1.82) is 0 Å². The first-order valence-electron chi connectivity index (χ1n) is 11.1. The van der Waals surface area contributed by atoms with Gasteiger partial charge in [0.1, 0.15) is 0 Å². The van der Waals surface area contributed by atoms with Gasteiger partial charge >= 0.3 is 12.4 Å². The summed E-state index contributed by atoms with van der Waals surface area (Å²) in [7, 11) is 0. The quantitative estimate of drug-likeness (QED) is 0.120. The SMILES string of the molecule is FC(F)(F)c1ccc(C#Cc2cnc3c(ccc4cc(C#Cc5ccc(C(F)(F)F)cc5)cnc43)c2)cc1. The number of rotatable bonds is 0. The number of nitrogens with zero attached hydrogens (tertiary/aromatic N) is 2. The van der Waals surface area contributed by atoms with Gasteiger partial charge in [0, 0.05) is 45.4 Å². The van der Waals surface area contributed by atoms with E-state index >= 15 is 0 Å². The van der Waals surface area contributed by atoms with Gasteiger partial charge in [-0.15, -0.1) is 0 Å². The van der Waals surface area contributed by atoms with Gasteiger partial charge in [-0.1, -0.05) is 35.8 Å². The monoisotopic (exact) mass is 516 g/mol. The van der Waals surface area contributed by atoms with Crippen LogP contribution in [-0.4, -0.2) is 9.97 Å². The number of hydrogen-bond acceptors (Lipinski definition) is 2. The summed E-state index contributed by atoms with van der Waals surface area (Å²) in [5.74, 6) is 11.5. The summed E-state index contributed by atoms with van der Waals surface area (Å²) in [6.07, 6.45) is -5.66. The van der Waals surface area contributed by atoms with Crippen molar-refractivity contribution in [2.45, 2.75) is 12.4 Å². The Morgan fingerprint density at radius 2 is 0.789 bits per heavy atom. The van der Waals surface area contributed by atoms with Crippen molar-refractivity contribution in [2.75, 3.05) is 0 Å². The fourth-order valence-electron chi connectivity index (χ4n) is 3.70. The van der Waals surface area contributed by atoms with E-state index in [4.69, 9.17) is 0 Å². The summed E-state index contributed by atoms with van der Waals surface area (Å²) < 4.78 is 76.3. The average molecular weight is 516 g/mol. The number of aromatic nitrogens is 2. The molecule has 0 saturated heterocycles. The van der Waals surface area contributed by atoms with Gasteiger partial charge < -0.3 is 0 Å². The van der Waals surface area contributed by atoms with Crippen LogP contribution < -0.4 is 0 Å². The molecule has 0 aliphatic rings. The largest absolute Gasteiger partial charge is 0.416 e. The van der Waals surface area contributed by atoms with Crippen molar-refractivity contribution in [2.24, 2.45) is 0 Å². The second kappa shape index (κ2) is 9.57. The van der Waals surface area contributed by atoms with Crippen molar-refractivity contribution in [3.63, 3.8) is 0 Å². The number of fused-ring (bicyclic) bond motifs is 3. The molecule has 0 unspecified atom stereocenters. The van der Waals surface area contributed by atoms with E-state index in [1.807, 2.05) is 24.3 Å². The van der Waals surface area contributed by atoms with Crippen LogP contribution in [-0.2, 0) is 12.4 Å². The summed E-state index contributed by atoms with van der Waals surface area (Å²) in [5, 5.41) is 1.57. The third-order valence-electron chi connectivity index (χ3n) is 5.63. The highest BCUT2D eigenvalue weighted by Gasteiger charge is 2.30. The molecule has 5 rings (SSSR count). The number of alkyl halides is 6. The molecule has 0 N–H and O–H groups in total. The van der Waals surface area contributed by atoms with E-state index in [1.54, 1.807) is 12.4 Å². The van der Waals surface area contributed by atoms with Gasteiger partial charge in [0.15, 0.2) is 0 Å². The van der Waals surface area contributed by atoms with Crippen LogP contribution in [0.4, 0.5) is 26.3 Å². The van der Waals surface area contributed by atoms with Gasteiger partial charge in [0.25, 0.3) is 0 Å². The van der Waals surface area contributed by atoms with Crippen molar-refractivity contribution in [3.05, 3.63) is 119 Å². The maximum absolute atomic E-state index is 12.7. The first-order valence-corrected chi connectivity index (χ1v) is 11.1. The Morgan fingerprint density at radius 3 is 1.13 bits per heavy atom. The molecule has 3 aromatic carbocycles. The van der Waals surface area contributed by atoms with Crippen LogP contribution in [0.5, 0.6) is 0 Å². The van der Waals surface area contributed by atoms with Crippen molar-refractivity contribution in [3.8, 4) is 23.7 Å². The standard InChI is InChI=1S/C30H14F6N2/c31-29(32,33)25-11-5-19(6-12-25)1-3-21-15-23-9-10-24-16-22(18-38-28(24)27(23)37-17-21)4-2-20-7-13-26(14-8-20)30(34,35)36/h5-18H. The van der Waals surface area contributed by atoms with Gasteiger partial charge in [0.2, 0.25) is 0 Å². The van der Waals surface area contributed by atoms with E-state index in [0.717, 1.165) is 35.0 Å². The zero-order valence-corrected chi connectivity index (χ0v) is 19.2. The van der Waals surface area contributed by atoms with Gasteiger partial charge in [-0.25, -0.2) is 0 Å². The first-order chi connectivity index (χ1) is 18.1. The summed E-state index contributed by atoms with van der Waals surface area (Å²) in [5.41, 5.74) is 1.90. The van der Waals surface area contributed by atoms with Crippen LogP contribution >= 0.6 is 0 Å². The summed E-state index contributed by atoms with van der Waals surface area (Å²) in [4.78, 5) is 8.96. The predicted molar refractivity (Wildman–Crippen MR) is 132 cm³/mol. The fraction of sp³-hybridized carbons (Fsp3) is 0.0667. The van der Waals surface area contributed by atoms with Gasteiger partial charge in [-0.05, 0) is 60.7 Å². The minimum Gasteiger partial charge on any atom is -0.253 e. The minimum absolute atomic E-state index is 0.447.